The average Bonchev–Trinajstić information content (AvgIpc) is 2.96. The smallest absolute Gasteiger partial charge is 0.429 e. The van der Waals surface area contributed by atoms with E-state index in [9.17, 15) is 5.11 Å². The number of hydrogen-bond donors (Lipinski definition) is 1. The molecule has 0 saturated carbocycles. The Morgan fingerprint density at radius 2 is 1.92 bits per heavy atom. The van der Waals surface area contributed by atoms with Crippen molar-refractivity contribution in [1.29, 1.82) is 0 Å². The van der Waals surface area contributed by atoms with E-state index in [1.807, 2.05) is 41.0 Å². The lowest BCUT2D eigenvalue weighted by Crippen LogP contribution is -2.41. The lowest BCUT2D eigenvalue weighted by atomic mass is 9.99. The van der Waals surface area contributed by atoms with Crippen molar-refractivity contribution in [3.05, 3.63) is 65.2 Å². The molecule has 3 aromatic rings. The number of halogens is 1. The molecule has 1 aliphatic rings. The SMILES string of the molecule is Oc1oc2ccccc2[n+]1CCN1CC=C(c2ccc(Cl)cc2)CC1. The molecule has 25 heavy (non-hydrogen) atoms. The molecular formula is C20H20ClN2O2+. The lowest BCUT2D eigenvalue weighted by molar-refractivity contribution is -0.682. The Morgan fingerprint density at radius 3 is 2.68 bits per heavy atom. The van der Waals surface area contributed by atoms with E-state index in [0.717, 1.165) is 36.6 Å². The third kappa shape index (κ3) is 3.41. The van der Waals surface area contributed by atoms with Gasteiger partial charge < -0.3 is 9.52 Å². The van der Waals surface area contributed by atoms with E-state index in [4.69, 9.17) is 16.0 Å². The number of aromatic hydroxyl groups is 1. The number of rotatable bonds is 4. The van der Waals surface area contributed by atoms with E-state index < -0.39 is 0 Å². The molecule has 5 heteroatoms. The minimum atomic E-state index is -0.0318. The number of oxazole rings is 1. The summed E-state index contributed by atoms with van der Waals surface area (Å²) < 4.78 is 7.23. The largest absolute Gasteiger partial charge is 0.558 e. The summed E-state index contributed by atoms with van der Waals surface area (Å²) in [5.41, 5.74) is 4.26. The lowest BCUT2D eigenvalue weighted by Gasteiger charge is -2.25. The van der Waals surface area contributed by atoms with Gasteiger partial charge in [0.05, 0.1) is 6.54 Å². The normalized spacial score (nSPS) is 15.5. The first-order chi connectivity index (χ1) is 12.2. The maximum atomic E-state index is 10.0. The molecule has 1 N–H and O–H groups in total. The van der Waals surface area contributed by atoms with Gasteiger partial charge in [-0.3, -0.25) is 4.90 Å². The number of aromatic nitrogens is 1. The molecule has 0 saturated heterocycles. The van der Waals surface area contributed by atoms with Gasteiger partial charge in [0.25, 0.3) is 5.52 Å². The minimum absolute atomic E-state index is 0.0318. The van der Waals surface area contributed by atoms with E-state index in [2.05, 4.69) is 23.1 Å². The fourth-order valence-corrected chi connectivity index (χ4v) is 3.45. The molecule has 0 radical (unpaired) electrons. The van der Waals surface area contributed by atoms with Gasteiger partial charge in [-0.2, -0.15) is 0 Å². The highest BCUT2D eigenvalue weighted by molar-refractivity contribution is 6.30. The quantitative estimate of drug-likeness (QED) is 0.722. The Labute approximate surface area is 151 Å². The molecule has 4 rings (SSSR count). The first-order valence-corrected chi connectivity index (χ1v) is 8.86. The van der Waals surface area contributed by atoms with Crippen LogP contribution < -0.4 is 4.57 Å². The first kappa shape index (κ1) is 16.2. The summed E-state index contributed by atoms with van der Waals surface area (Å²) in [7, 11) is 0. The van der Waals surface area contributed by atoms with Crippen molar-refractivity contribution in [2.24, 2.45) is 0 Å². The summed E-state index contributed by atoms with van der Waals surface area (Å²) in [4.78, 5) is 2.38. The highest BCUT2D eigenvalue weighted by Crippen LogP contribution is 2.24. The summed E-state index contributed by atoms with van der Waals surface area (Å²) >= 11 is 5.96. The molecule has 4 nitrogen and oxygen atoms in total. The third-order valence-electron chi connectivity index (χ3n) is 4.74. The van der Waals surface area contributed by atoms with Crippen LogP contribution in [0.5, 0.6) is 6.08 Å². The van der Waals surface area contributed by atoms with Gasteiger partial charge in [0.15, 0.2) is 6.54 Å². The second kappa shape index (κ2) is 6.90. The molecule has 0 fully saturated rings. The maximum Gasteiger partial charge on any atom is 0.558 e. The van der Waals surface area contributed by atoms with Gasteiger partial charge in [-0.1, -0.05) is 41.9 Å². The van der Waals surface area contributed by atoms with Gasteiger partial charge in [-0.15, -0.1) is 4.57 Å². The highest BCUT2D eigenvalue weighted by Gasteiger charge is 2.23. The van der Waals surface area contributed by atoms with Crippen molar-refractivity contribution >= 4 is 28.3 Å². The van der Waals surface area contributed by atoms with Gasteiger partial charge in [0, 0.05) is 24.2 Å². The summed E-state index contributed by atoms with van der Waals surface area (Å²) in [5.74, 6) is 0. The van der Waals surface area contributed by atoms with Crippen molar-refractivity contribution in [3.8, 4) is 6.08 Å². The van der Waals surface area contributed by atoms with Crippen molar-refractivity contribution in [1.82, 2.24) is 4.90 Å². The summed E-state index contributed by atoms with van der Waals surface area (Å²) in [6.07, 6.45) is 3.27. The van der Waals surface area contributed by atoms with Crippen LogP contribution >= 0.6 is 11.6 Å². The minimum Gasteiger partial charge on any atom is -0.429 e. The summed E-state index contributed by atoms with van der Waals surface area (Å²) in [6.45, 7) is 3.49. The molecule has 0 spiro atoms. The molecule has 2 aromatic carbocycles. The van der Waals surface area contributed by atoms with Crippen LogP contribution in [0.3, 0.4) is 0 Å². The molecule has 0 amide bonds. The van der Waals surface area contributed by atoms with E-state index in [1.54, 1.807) is 0 Å². The molecule has 1 aromatic heterocycles. The van der Waals surface area contributed by atoms with Crippen molar-refractivity contribution in [3.63, 3.8) is 0 Å². The molecule has 0 unspecified atom stereocenters. The van der Waals surface area contributed by atoms with Crippen LogP contribution in [0.1, 0.15) is 12.0 Å². The Hall–Kier alpha value is -2.30. The molecule has 0 bridgehead atoms. The fourth-order valence-electron chi connectivity index (χ4n) is 3.32. The van der Waals surface area contributed by atoms with Crippen molar-refractivity contribution in [2.45, 2.75) is 13.0 Å². The second-order valence-electron chi connectivity index (χ2n) is 6.29. The van der Waals surface area contributed by atoms with E-state index in [0.29, 0.717) is 12.1 Å². The number of hydrogen-bond acceptors (Lipinski definition) is 3. The third-order valence-corrected chi connectivity index (χ3v) is 4.99. The zero-order valence-corrected chi connectivity index (χ0v) is 14.6. The predicted octanol–water partition coefficient (Wildman–Crippen LogP) is 3.87. The van der Waals surface area contributed by atoms with Crippen molar-refractivity contribution < 1.29 is 14.1 Å². The monoisotopic (exact) mass is 355 g/mol. The summed E-state index contributed by atoms with van der Waals surface area (Å²) in [5, 5.41) is 10.8. The van der Waals surface area contributed by atoms with Gasteiger partial charge in [-0.25, -0.2) is 0 Å². The van der Waals surface area contributed by atoms with Crippen LogP contribution in [0.25, 0.3) is 16.7 Å². The van der Waals surface area contributed by atoms with Gasteiger partial charge in [0.2, 0.25) is 5.58 Å². The molecule has 128 valence electrons. The summed E-state index contributed by atoms with van der Waals surface area (Å²) in [6, 6.07) is 15.7. The predicted molar refractivity (Wildman–Crippen MR) is 98.6 cm³/mol. The van der Waals surface area contributed by atoms with Gasteiger partial charge >= 0.3 is 6.08 Å². The first-order valence-electron chi connectivity index (χ1n) is 8.48. The van der Waals surface area contributed by atoms with Crippen LogP contribution in [0, 0.1) is 0 Å². The fraction of sp³-hybridized carbons (Fsp3) is 0.250. The molecule has 2 heterocycles. The van der Waals surface area contributed by atoms with Crippen LogP contribution in [-0.2, 0) is 6.54 Å². The van der Waals surface area contributed by atoms with E-state index in [-0.39, 0.29) is 6.08 Å². The van der Waals surface area contributed by atoms with Crippen molar-refractivity contribution in [2.75, 3.05) is 19.6 Å². The number of para-hydroxylation sites is 2. The van der Waals surface area contributed by atoms with Gasteiger partial charge in [0.1, 0.15) is 0 Å². The Morgan fingerprint density at radius 1 is 1.12 bits per heavy atom. The van der Waals surface area contributed by atoms with E-state index in [1.165, 1.54) is 11.1 Å². The maximum absolute atomic E-state index is 10.0. The number of nitrogens with zero attached hydrogens (tertiary/aromatic N) is 2. The zero-order chi connectivity index (χ0) is 17.2. The Balaban J connectivity index is 1.41. The molecule has 0 aliphatic carbocycles. The van der Waals surface area contributed by atoms with E-state index >= 15 is 0 Å². The molecule has 1 aliphatic heterocycles. The Bertz CT molecular complexity index is 915. The highest BCUT2D eigenvalue weighted by atomic mass is 35.5. The number of benzene rings is 2. The van der Waals surface area contributed by atoms with Gasteiger partial charge in [-0.05, 0) is 35.8 Å². The van der Waals surface area contributed by atoms with Crippen LogP contribution in [-0.4, -0.2) is 29.6 Å². The topological polar surface area (TPSA) is 40.5 Å². The van der Waals surface area contributed by atoms with Crippen LogP contribution in [0.4, 0.5) is 0 Å². The number of fused-ring (bicyclic) bond motifs is 1. The Kier molecular flexibility index (Phi) is 4.47. The average molecular weight is 356 g/mol. The standard InChI is InChI=1S/C20H19ClN2O2/c21-17-7-5-15(6-8-17)16-9-11-22(12-10-16)13-14-23-18-3-1-2-4-19(18)25-20(23)24/h1-9H,10-14H2/p+1. The van der Waals surface area contributed by atoms with Crippen LogP contribution in [0.2, 0.25) is 5.02 Å². The van der Waals surface area contributed by atoms with Crippen LogP contribution in [0.15, 0.2) is 59.0 Å². The molecular weight excluding hydrogens is 336 g/mol. The zero-order valence-electron chi connectivity index (χ0n) is 13.9. The molecule has 0 atom stereocenters. The second-order valence-corrected chi connectivity index (χ2v) is 6.73.